The lowest BCUT2D eigenvalue weighted by Crippen LogP contribution is -2.29. The minimum absolute atomic E-state index is 0.0818. The van der Waals surface area contributed by atoms with Gasteiger partial charge in [0.1, 0.15) is 0 Å². The van der Waals surface area contributed by atoms with Crippen molar-refractivity contribution in [1.82, 2.24) is 10.2 Å². The predicted molar refractivity (Wildman–Crippen MR) is 79.8 cm³/mol. The summed E-state index contributed by atoms with van der Waals surface area (Å²) in [5.74, 6) is 0.0818. The molecule has 1 rings (SSSR count). The smallest absolute Gasteiger partial charge is 0.246 e. The maximum absolute atomic E-state index is 11.8. The molecule has 0 aromatic heterocycles. The fraction of sp³-hybridized carbons (Fsp3) is 0.438. The molecule has 104 valence electrons. The highest BCUT2D eigenvalue weighted by Gasteiger charge is 2.05. The third kappa shape index (κ3) is 5.71. The van der Waals surface area contributed by atoms with Gasteiger partial charge in [0.05, 0.1) is 0 Å². The zero-order valence-electron chi connectivity index (χ0n) is 12.1. The Morgan fingerprint density at radius 3 is 2.47 bits per heavy atom. The maximum Gasteiger partial charge on any atom is 0.246 e. The minimum Gasteiger partial charge on any atom is -0.340 e. The van der Waals surface area contributed by atoms with Crippen LogP contribution < -0.4 is 5.32 Å². The molecule has 0 aliphatic rings. The Bertz CT molecular complexity index is 396. The van der Waals surface area contributed by atoms with Gasteiger partial charge in [-0.1, -0.05) is 36.4 Å². The van der Waals surface area contributed by atoms with Gasteiger partial charge in [-0.15, -0.1) is 0 Å². The third-order valence-electron chi connectivity index (χ3n) is 3.07. The second kappa shape index (κ2) is 8.48. The van der Waals surface area contributed by atoms with Crippen molar-refractivity contribution in [2.24, 2.45) is 0 Å². The molecular weight excluding hydrogens is 236 g/mol. The molecule has 0 heterocycles. The average molecular weight is 260 g/mol. The first-order chi connectivity index (χ1) is 9.17. The van der Waals surface area contributed by atoms with Crippen molar-refractivity contribution in [3.63, 3.8) is 0 Å². The number of hydrogen-bond donors (Lipinski definition) is 1. The van der Waals surface area contributed by atoms with Crippen molar-refractivity contribution >= 4 is 5.91 Å². The van der Waals surface area contributed by atoms with Crippen molar-refractivity contribution in [1.29, 1.82) is 0 Å². The molecule has 0 aliphatic carbocycles. The molecule has 0 radical (unpaired) electrons. The summed E-state index contributed by atoms with van der Waals surface area (Å²) in [6.45, 7) is 8.36. The van der Waals surface area contributed by atoms with Crippen LogP contribution in [0, 0.1) is 0 Å². The second-order valence-electron chi connectivity index (χ2n) is 4.52. The lowest BCUT2D eigenvalue weighted by atomic mass is 10.2. The van der Waals surface area contributed by atoms with Crippen LogP contribution in [0.1, 0.15) is 26.3 Å². The Hall–Kier alpha value is -1.61. The fourth-order valence-electron chi connectivity index (χ4n) is 1.81. The SMILES string of the molecule is CCN(CC)C(=O)/C=C/[C@@H](C)NCc1ccccc1. The highest BCUT2D eigenvalue weighted by molar-refractivity contribution is 5.87. The van der Waals surface area contributed by atoms with Crippen LogP contribution in [0.4, 0.5) is 0 Å². The van der Waals surface area contributed by atoms with Crippen LogP contribution in [0.15, 0.2) is 42.5 Å². The van der Waals surface area contributed by atoms with Gasteiger partial charge in [-0.25, -0.2) is 0 Å². The van der Waals surface area contributed by atoms with E-state index in [-0.39, 0.29) is 11.9 Å². The van der Waals surface area contributed by atoms with E-state index in [1.54, 1.807) is 11.0 Å². The van der Waals surface area contributed by atoms with E-state index in [0.29, 0.717) is 0 Å². The summed E-state index contributed by atoms with van der Waals surface area (Å²) in [4.78, 5) is 13.6. The Morgan fingerprint density at radius 1 is 1.26 bits per heavy atom. The van der Waals surface area contributed by atoms with Crippen LogP contribution in [-0.2, 0) is 11.3 Å². The van der Waals surface area contributed by atoms with Crippen molar-refractivity contribution in [2.75, 3.05) is 13.1 Å². The fourth-order valence-corrected chi connectivity index (χ4v) is 1.81. The molecule has 19 heavy (non-hydrogen) atoms. The minimum atomic E-state index is 0.0818. The van der Waals surface area contributed by atoms with E-state index in [1.165, 1.54) is 5.56 Å². The zero-order chi connectivity index (χ0) is 14.1. The summed E-state index contributed by atoms with van der Waals surface area (Å²) < 4.78 is 0. The number of nitrogens with one attached hydrogen (secondary N) is 1. The van der Waals surface area contributed by atoms with Gasteiger partial charge in [-0.2, -0.15) is 0 Å². The number of rotatable bonds is 7. The molecule has 0 saturated heterocycles. The van der Waals surface area contributed by atoms with Gasteiger partial charge in [0.15, 0.2) is 0 Å². The highest BCUT2D eigenvalue weighted by Crippen LogP contribution is 1.99. The van der Waals surface area contributed by atoms with E-state index < -0.39 is 0 Å². The first-order valence-electron chi connectivity index (χ1n) is 6.91. The predicted octanol–water partition coefficient (Wildman–Crippen LogP) is 2.59. The number of carbonyl (C=O) groups excluding carboxylic acids is 1. The van der Waals surface area contributed by atoms with Crippen LogP contribution >= 0.6 is 0 Å². The average Bonchev–Trinajstić information content (AvgIpc) is 2.45. The van der Waals surface area contributed by atoms with Crippen LogP contribution in [0.5, 0.6) is 0 Å². The number of amides is 1. The van der Waals surface area contributed by atoms with Crippen molar-refractivity contribution in [2.45, 2.75) is 33.4 Å². The molecule has 1 atom stereocenters. The quantitative estimate of drug-likeness (QED) is 0.764. The number of benzene rings is 1. The molecule has 3 nitrogen and oxygen atoms in total. The Kier molecular flexibility index (Phi) is 6.90. The van der Waals surface area contributed by atoms with E-state index in [0.717, 1.165) is 19.6 Å². The van der Waals surface area contributed by atoms with Crippen molar-refractivity contribution in [3.8, 4) is 0 Å². The summed E-state index contributed by atoms with van der Waals surface area (Å²) in [5.41, 5.74) is 1.25. The summed E-state index contributed by atoms with van der Waals surface area (Å²) in [6, 6.07) is 10.4. The van der Waals surface area contributed by atoms with Gasteiger partial charge in [0.25, 0.3) is 0 Å². The first kappa shape index (κ1) is 15.4. The van der Waals surface area contributed by atoms with Crippen molar-refractivity contribution < 1.29 is 4.79 Å². The van der Waals surface area contributed by atoms with Crippen LogP contribution in [-0.4, -0.2) is 29.9 Å². The lowest BCUT2D eigenvalue weighted by molar-refractivity contribution is -0.125. The normalized spacial score (nSPS) is 12.6. The van der Waals surface area contributed by atoms with Gasteiger partial charge in [0, 0.05) is 31.8 Å². The molecule has 0 bridgehead atoms. The van der Waals surface area contributed by atoms with Gasteiger partial charge >= 0.3 is 0 Å². The summed E-state index contributed by atoms with van der Waals surface area (Å²) in [5, 5.41) is 3.37. The van der Waals surface area contributed by atoms with Crippen molar-refractivity contribution in [3.05, 3.63) is 48.0 Å². The number of nitrogens with zero attached hydrogens (tertiary/aromatic N) is 1. The van der Waals surface area contributed by atoms with Gasteiger partial charge < -0.3 is 10.2 Å². The van der Waals surface area contributed by atoms with Crippen LogP contribution in [0.25, 0.3) is 0 Å². The Morgan fingerprint density at radius 2 is 1.89 bits per heavy atom. The Balaban J connectivity index is 2.38. The summed E-state index contributed by atoms with van der Waals surface area (Å²) >= 11 is 0. The number of carbonyl (C=O) groups is 1. The molecular formula is C16H24N2O. The zero-order valence-corrected chi connectivity index (χ0v) is 12.1. The highest BCUT2D eigenvalue weighted by atomic mass is 16.2. The van der Waals surface area contributed by atoms with Gasteiger partial charge in [-0.05, 0) is 26.3 Å². The molecule has 0 aliphatic heterocycles. The Labute approximate surface area is 116 Å². The molecule has 1 aromatic rings. The van der Waals surface area contributed by atoms with E-state index >= 15 is 0 Å². The number of hydrogen-bond acceptors (Lipinski definition) is 2. The standard InChI is InChI=1S/C16H24N2O/c1-4-18(5-2)16(19)12-11-14(3)17-13-15-9-7-6-8-10-15/h6-12,14,17H,4-5,13H2,1-3H3/b12-11+/t14-/m1/s1. The van der Waals surface area contributed by atoms with Crippen LogP contribution in [0.3, 0.4) is 0 Å². The topological polar surface area (TPSA) is 32.3 Å². The molecule has 1 aromatic carbocycles. The second-order valence-corrected chi connectivity index (χ2v) is 4.52. The number of likely N-dealkylation sites (N-methyl/N-ethyl adjacent to an activating group) is 1. The van der Waals surface area contributed by atoms with E-state index in [2.05, 4.69) is 24.4 Å². The monoisotopic (exact) mass is 260 g/mol. The molecule has 0 saturated carbocycles. The summed E-state index contributed by atoms with van der Waals surface area (Å²) in [6.07, 6.45) is 3.58. The van der Waals surface area contributed by atoms with E-state index in [4.69, 9.17) is 0 Å². The van der Waals surface area contributed by atoms with Crippen LogP contribution in [0.2, 0.25) is 0 Å². The van der Waals surface area contributed by atoms with Gasteiger partial charge in [-0.3, -0.25) is 4.79 Å². The third-order valence-corrected chi connectivity index (χ3v) is 3.07. The molecule has 0 fully saturated rings. The molecule has 1 amide bonds. The lowest BCUT2D eigenvalue weighted by Gasteiger charge is -2.16. The molecule has 3 heteroatoms. The maximum atomic E-state index is 11.8. The molecule has 0 spiro atoms. The molecule has 0 unspecified atom stereocenters. The summed E-state index contributed by atoms with van der Waals surface area (Å²) in [7, 11) is 0. The first-order valence-corrected chi connectivity index (χ1v) is 6.91. The van der Waals surface area contributed by atoms with Gasteiger partial charge in [0.2, 0.25) is 5.91 Å². The van der Waals surface area contributed by atoms with E-state index in [1.807, 2.05) is 38.1 Å². The largest absolute Gasteiger partial charge is 0.340 e. The molecule has 1 N–H and O–H groups in total. The van der Waals surface area contributed by atoms with E-state index in [9.17, 15) is 4.79 Å².